The van der Waals surface area contributed by atoms with E-state index in [0.717, 1.165) is 36.8 Å². The molecule has 128 valence electrons. The molecule has 24 heavy (non-hydrogen) atoms. The third-order valence-corrected chi connectivity index (χ3v) is 4.59. The number of para-hydroxylation sites is 1. The van der Waals surface area contributed by atoms with Crippen LogP contribution < -0.4 is 0 Å². The number of nitrogens with zero attached hydrogens (tertiary/aromatic N) is 2. The Hall–Kier alpha value is -2.11. The van der Waals surface area contributed by atoms with Crippen LogP contribution >= 0.6 is 0 Å². The third kappa shape index (κ3) is 3.86. The first-order chi connectivity index (χ1) is 11.7. The molecule has 2 heterocycles. The summed E-state index contributed by atoms with van der Waals surface area (Å²) >= 11 is 0. The summed E-state index contributed by atoms with van der Waals surface area (Å²) in [7, 11) is 0. The number of hydrogen-bond acceptors (Lipinski definition) is 3. The minimum atomic E-state index is -0.320. The second-order valence-corrected chi connectivity index (χ2v) is 6.38. The number of rotatable bonds is 6. The highest BCUT2D eigenvalue weighted by Gasteiger charge is 2.24. The zero-order chi connectivity index (χ0) is 16.9. The van der Waals surface area contributed by atoms with Crippen LogP contribution in [-0.4, -0.2) is 64.6 Å². The third-order valence-electron chi connectivity index (χ3n) is 4.59. The number of allylic oxidation sites excluding steroid dienone is 1. The van der Waals surface area contributed by atoms with Gasteiger partial charge in [-0.15, -0.1) is 6.58 Å². The van der Waals surface area contributed by atoms with E-state index < -0.39 is 0 Å². The molecule has 1 aliphatic heterocycles. The molecule has 0 spiro atoms. The average molecular weight is 327 g/mol. The van der Waals surface area contributed by atoms with Gasteiger partial charge in [-0.05, 0) is 25.0 Å². The Balaban J connectivity index is 1.54. The number of nitrogens with one attached hydrogen (secondary N) is 1. The van der Waals surface area contributed by atoms with Gasteiger partial charge in [-0.3, -0.25) is 9.69 Å². The van der Waals surface area contributed by atoms with Gasteiger partial charge in [0.1, 0.15) is 5.69 Å². The van der Waals surface area contributed by atoms with E-state index in [1.807, 2.05) is 41.3 Å². The highest BCUT2D eigenvalue weighted by Crippen LogP contribution is 2.17. The molecule has 1 atom stereocenters. The van der Waals surface area contributed by atoms with E-state index in [2.05, 4.69) is 16.5 Å². The molecule has 2 aromatic rings. The summed E-state index contributed by atoms with van der Waals surface area (Å²) in [5.41, 5.74) is 1.64. The van der Waals surface area contributed by atoms with Crippen molar-refractivity contribution in [3.63, 3.8) is 0 Å². The van der Waals surface area contributed by atoms with Crippen LogP contribution in [0, 0.1) is 0 Å². The van der Waals surface area contributed by atoms with Crippen molar-refractivity contribution < 1.29 is 9.90 Å². The highest BCUT2D eigenvalue weighted by molar-refractivity contribution is 5.98. The number of carbonyl (C=O) groups is 1. The molecule has 5 heteroatoms. The van der Waals surface area contributed by atoms with Gasteiger partial charge in [-0.2, -0.15) is 0 Å². The van der Waals surface area contributed by atoms with Crippen LogP contribution in [0.4, 0.5) is 0 Å². The van der Waals surface area contributed by atoms with Crippen molar-refractivity contribution in [3.8, 4) is 0 Å². The predicted octanol–water partition coefficient (Wildman–Crippen LogP) is 2.25. The summed E-state index contributed by atoms with van der Waals surface area (Å²) in [6, 6.07) is 9.84. The van der Waals surface area contributed by atoms with Gasteiger partial charge in [0, 0.05) is 43.6 Å². The normalized spacial score (nSPS) is 17.1. The summed E-state index contributed by atoms with van der Waals surface area (Å²) in [5.74, 6) is 0.0538. The molecule has 0 bridgehead atoms. The van der Waals surface area contributed by atoms with E-state index >= 15 is 0 Å². The topological polar surface area (TPSA) is 59.6 Å². The van der Waals surface area contributed by atoms with Crippen LogP contribution in [0.25, 0.3) is 10.9 Å². The zero-order valence-corrected chi connectivity index (χ0v) is 13.9. The second kappa shape index (κ2) is 7.64. The van der Waals surface area contributed by atoms with E-state index in [1.165, 1.54) is 0 Å². The smallest absolute Gasteiger partial charge is 0.270 e. The lowest BCUT2D eigenvalue weighted by Gasteiger charge is -2.35. The van der Waals surface area contributed by atoms with Crippen LogP contribution in [0.3, 0.4) is 0 Å². The molecule has 5 nitrogen and oxygen atoms in total. The fourth-order valence-electron chi connectivity index (χ4n) is 3.19. The lowest BCUT2D eigenvalue weighted by Crippen LogP contribution is -2.50. The first-order valence-corrected chi connectivity index (χ1v) is 8.55. The van der Waals surface area contributed by atoms with Crippen molar-refractivity contribution in [2.75, 3.05) is 32.7 Å². The number of aliphatic hydroxyl groups excluding tert-OH is 1. The monoisotopic (exact) mass is 327 g/mol. The minimum absolute atomic E-state index is 0.0538. The maximum atomic E-state index is 12.7. The maximum Gasteiger partial charge on any atom is 0.270 e. The number of H-pyrrole nitrogens is 1. The largest absolute Gasteiger partial charge is 0.392 e. The second-order valence-electron chi connectivity index (χ2n) is 6.38. The molecule has 0 radical (unpaired) electrons. The van der Waals surface area contributed by atoms with Crippen LogP contribution in [0.1, 0.15) is 23.3 Å². The number of aromatic nitrogens is 1. The predicted molar refractivity (Wildman–Crippen MR) is 96.1 cm³/mol. The van der Waals surface area contributed by atoms with Crippen molar-refractivity contribution in [2.24, 2.45) is 0 Å². The van der Waals surface area contributed by atoms with Gasteiger partial charge >= 0.3 is 0 Å². The standard InChI is InChI=1S/C19H25N3O2/c1-2-3-7-16(23)14-21-9-11-22(12-10-21)19(24)18-13-15-6-4-5-8-17(15)20-18/h2,4-6,8,13,16,20,23H,1,3,7,9-12,14H2. The molecule has 1 unspecified atom stereocenters. The molecular formula is C19H25N3O2. The minimum Gasteiger partial charge on any atom is -0.392 e. The van der Waals surface area contributed by atoms with E-state index in [4.69, 9.17) is 0 Å². The Morgan fingerprint density at radius 1 is 1.29 bits per heavy atom. The van der Waals surface area contributed by atoms with Gasteiger partial charge in [0.25, 0.3) is 5.91 Å². The van der Waals surface area contributed by atoms with Crippen LogP contribution in [0.15, 0.2) is 43.0 Å². The molecule has 0 saturated carbocycles. The van der Waals surface area contributed by atoms with Crippen molar-refractivity contribution in [1.82, 2.24) is 14.8 Å². The lowest BCUT2D eigenvalue weighted by molar-refractivity contribution is 0.0514. The average Bonchev–Trinajstić information content (AvgIpc) is 3.04. The van der Waals surface area contributed by atoms with Crippen LogP contribution in [0.5, 0.6) is 0 Å². The molecule has 1 aromatic carbocycles. The molecule has 2 N–H and O–H groups in total. The van der Waals surface area contributed by atoms with E-state index in [0.29, 0.717) is 25.3 Å². The molecule has 1 aromatic heterocycles. The van der Waals surface area contributed by atoms with E-state index in [1.54, 1.807) is 0 Å². The summed E-state index contributed by atoms with van der Waals surface area (Å²) < 4.78 is 0. The fourth-order valence-corrected chi connectivity index (χ4v) is 3.19. The fraction of sp³-hybridized carbons (Fsp3) is 0.421. The van der Waals surface area contributed by atoms with Crippen molar-refractivity contribution >= 4 is 16.8 Å². The number of amides is 1. The Morgan fingerprint density at radius 2 is 2.04 bits per heavy atom. The van der Waals surface area contributed by atoms with Gasteiger partial charge in [0.15, 0.2) is 0 Å². The molecular weight excluding hydrogens is 302 g/mol. The van der Waals surface area contributed by atoms with Gasteiger partial charge in [0.05, 0.1) is 6.10 Å². The molecule has 3 rings (SSSR count). The van der Waals surface area contributed by atoms with Crippen molar-refractivity contribution in [1.29, 1.82) is 0 Å². The molecule has 1 amide bonds. The van der Waals surface area contributed by atoms with Crippen LogP contribution in [-0.2, 0) is 0 Å². The number of fused-ring (bicyclic) bond motifs is 1. The van der Waals surface area contributed by atoms with Crippen LogP contribution in [0.2, 0.25) is 0 Å². The number of piperazine rings is 1. The Bertz CT molecular complexity index is 668. The van der Waals surface area contributed by atoms with E-state index in [-0.39, 0.29) is 12.0 Å². The van der Waals surface area contributed by atoms with Gasteiger partial charge < -0.3 is 15.0 Å². The first-order valence-electron chi connectivity index (χ1n) is 8.55. The number of benzene rings is 1. The quantitative estimate of drug-likeness (QED) is 0.800. The number of carbonyl (C=O) groups excluding carboxylic acids is 1. The van der Waals surface area contributed by atoms with E-state index in [9.17, 15) is 9.90 Å². The van der Waals surface area contributed by atoms with Gasteiger partial charge in [-0.1, -0.05) is 24.3 Å². The first kappa shape index (κ1) is 16.7. The number of aromatic amines is 1. The molecule has 1 aliphatic rings. The number of hydrogen-bond donors (Lipinski definition) is 2. The Morgan fingerprint density at radius 3 is 2.75 bits per heavy atom. The maximum absolute atomic E-state index is 12.7. The van der Waals surface area contributed by atoms with Crippen molar-refractivity contribution in [2.45, 2.75) is 18.9 Å². The molecule has 0 aliphatic carbocycles. The highest BCUT2D eigenvalue weighted by atomic mass is 16.3. The SMILES string of the molecule is C=CCCC(O)CN1CCN(C(=O)c2cc3ccccc3[nH]2)CC1. The molecule has 1 fully saturated rings. The zero-order valence-electron chi connectivity index (χ0n) is 13.9. The molecule has 1 saturated heterocycles. The summed E-state index contributed by atoms with van der Waals surface area (Å²) in [5, 5.41) is 11.1. The lowest BCUT2D eigenvalue weighted by atomic mass is 10.1. The summed E-state index contributed by atoms with van der Waals surface area (Å²) in [4.78, 5) is 20.0. The van der Waals surface area contributed by atoms with Gasteiger partial charge in [0.2, 0.25) is 0 Å². The number of aliphatic hydroxyl groups is 1. The van der Waals surface area contributed by atoms with Crippen molar-refractivity contribution in [3.05, 3.63) is 48.7 Å². The Labute approximate surface area is 142 Å². The number of β-amino-alcohol motifs (C(OH)–C–C–N with tert-alkyl or cyclic N) is 1. The summed E-state index contributed by atoms with van der Waals surface area (Å²) in [6.07, 6.45) is 3.09. The Kier molecular flexibility index (Phi) is 5.33. The summed E-state index contributed by atoms with van der Waals surface area (Å²) in [6.45, 7) is 7.35. The van der Waals surface area contributed by atoms with Gasteiger partial charge in [-0.25, -0.2) is 0 Å².